The van der Waals surface area contributed by atoms with Crippen LogP contribution in [0.25, 0.3) is 23.1 Å². The van der Waals surface area contributed by atoms with Crippen molar-refractivity contribution in [1.82, 2.24) is 20.1 Å². The van der Waals surface area contributed by atoms with Crippen molar-refractivity contribution < 1.29 is 9.63 Å². The Hall–Kier alpha value is -2.76. The molecular weight excluding hydrogens is 256 g/mol. The minimum Gasteiger partial charge on any atom is -0.508 e. The zero-order chi connectivity index (χ0) is 14.1. The first kappa shape index (κ1) is 12.3. The Morgan fingerprint density at radius 1 is 1.05 bits per heavy atom. The van der Waals surface area contributed by atoms with Crippen LogP contribution < -0.4 is 0 Å². The van der Waals surface area contributed by atoms with Gasteiger partial charge >= 0.3 is 0 Å². The highest BCUT2D eigenvalue weighted by atomic mass is 16.5. The molecular formula is C14H12N4O2. The number of hydrogen-bond donors (Lipinski definition) is 1. The zero-order valence-corrected chi connectivity index (χ0v) is 11.0. The van der Waals surface area contributed by atoms with Gasteiger partial charge in [0.15, 0.2) is 0 Å². The van der Waals surface area contributed by atoms with Crippen LogP contribution in [-0.4, -0.2) is 25.2 Å². The SMILES string of the molecule is Cc1cnc(-c2noc(-c3ccc(O)c(C)c3)n2)nc1. The fraction of sp³-hybridized carbons (Fsp3) is 0.143. The van der Waals surface area contributed by atoms with Gasteiger partial charge in [0, 0.05) is 18.0 Å². The zero-order valence-electron chi connectivity index (χ0n) is 11.0. The van der Waals surface area contributed by atoms with E-state index in [-0.39, 0.29) is 5.75 Å². The van der Waals surface area contributed by atoms with E-state index in [2.05, 4.69) is 20.1 Å². The van der Waals surface area contributed by atoms with Crippen LogP contribution in [0.3, 0.4) is 0 Å². The van der Waals surface area contributed by atoms with E-state index in [0.29, 0.717) is 17.5 Å². The summed E-state index contributed by atoms with van der Waals surface area (Å²) in [6.07, 6.45) is 3.39. The van der Waals surface area contributed by atoms with Gasteiger partial charge in [-0.2, -0.15) is 4.98 Å². The third kappa shape index (κ3) is 2.23. The highest BCUT2D eigenvalue weighted by Gasteiger charge is 2.13. The quantitative estimate of drug-likeness (QED) is 0.768. The van der Waals surface area contributed by atoms with Crippen molar-refractivity contribution in [2.45, 2.75) is 13.8 Å². The number of nitrogens with zero attached hydrogens (tertiary/aromatic N) is 4. The lowest BCUT2D eigenvalue weighted by Gasteiger charge is -1.99. The predicted octanol–water partition coefficient (Wildman–Crippen LogP) is 2.52. The van der Waals surface area contributed by atoms with Crippen LogP contribution in [0.1, 0.15) is 11.1 Å². The summed E-state index contributed by atoms with van der Waals surface area (Å²) in [6, 6.07) is 5.09. The van der Waals surface area contributed by atoms with Crippen molar-refractivity contribution in [3.63, 3.8) is 0 Å². The number of aromatic hydroxyl groups is 1. The first-order chi connectivity index (χ1) is 9.63. The molecule has 100 valence electrons. The Morgan fingerprint density at radius 3 is 2.50 bits per heavy atom. The van der Waals surface area contributed by atoms with Crippen LogP contribution in [0, 0.1) is 13.8 Å². The van der Waals surface area contributed by atoms with Crippen LogP contribution in [-0.2, 0) is 0 Å². The third-order valence-electron chi connectivity index (χ3n) is 2.85. The van der Waals surface area contributed by atoms with Gasteiger partial charge in [0.2, 0.25) is 11.6 Å². The normalized spacial score (nSPS) is 10.7. The maximum atomic E-state index is 9.51. The van der Waals surface area contributed by atoms with Gasteiger partial charge in [-0.1, -0.05) is 5.16 Å². The Bertz CT molecular complexity index is 750. The number of benzene rings is 1. The van der Waals surface area contributed by atoms with Crippen LogP contribution in [0.4, 0.5) is 0 Å². The Labute approximate surface area is 115 Å². The monoisotopic (exact) mass is 268 g/mol. The molecule has 0 atom stereocenters. The summed E-state index contributed by atoms with van der Waals surface area (Å²) in [5, 5.41) is 13.4. The molecule has 0 bridgehead atoms. The van der Waals surface area contributed by atoms with Crippen molar-refractivity contribution in [2.75, 3.05) is 0 Å². The smallest absolute Gasteiger partial charge is 0.258 e. The van der Waals surface area contributed by atoms with E-state index in [4.69, 9.17) is 4.52 Å². The second-order valence-electron chi connectivity index (χ2n) is 4.51. The lowest BCUT2D eigenvalue weighted by molar-refractivity contribution is 0.431. The summed E-state index contributed by atoms with van der Waals surface area (Å²) in [6.45, 7) is 3.71. The first-order valence-corrected chi connectivity index (χ1v) is 6.06. The van der Waals surface area contributed by atoms with E-state index in [1.54, 1.807) is 37.5 Å². The number of aromatic nitrogens is 4. The van der Waals surface area contributed by atoms with Crippen molar-refractivity contribution in [3.05, 3.63) is 41.7 Å². The van der Waals surface area contributed by atoms with Crippen molar-refractivity contribution in [3.8, 4) is 28.9 Å². The highest BCUT2D eigenvalue weighted by molar-refractivity contribution is 5.58. The van der Waals surface area contributed by atoms with E-state index in [0.717, 1.165) is 16.7 Å². The Morgan fingerprint density at radius 2 is 1.80 bits per heavy atom. The Balaban J connectivity index is 1.97. The average molecular weight is 268 g/mol. The van der Waals surface area contributed by atoms with E-state index in [1.807, 2.05) is 6.92 Å². The lowest BCUT2D eigenvalue weighted by atomic mass is 10.1. The second-order valence-corrected chi connectivity index (χ2v) is 4.51. The molecule has 6 heteroatoms. The molecule has 6 nitrogen and oxygen atoms in total. The first-order valence-electron chi connectivity index (χ1n) is 6.06. The van der Waals surface area contributed by atoms with Gasteiger partial charge in [-0.3, -0.25) is 0 Å². The number of phenolic OH excluding ortho intramolecular Hbond substituents is 1. The molecule has 1 N–H and O–H groups in total. The predicted molar refractivity (Wildman–Crippen MR) is 71.9 cm³/mol. The fourth-order valence-corrected chi connectivity index (χ4v) is 1.73. The maximum absolute atomic E-state index is 9.51. The van der Waals surface area contributed by atoms with Crippen LogP contribution >= 0.6 is 0 Å². The molecule has 0 aliphatic carbocycles. The van der Waals surface area contributed by atoms with Crippen LogP contribution in [0.15, 0.2) is 35.1 Å². The van der Waals surface area contributed by atoms with Crippen molar-refractivity contribution in [2.24, 2.45) is 0 Å². The molecule has 0 radical (unpaired) electrons. The van der Waals surface area contributed by atoms with E-state index < -0.39 is 0 Å². The molecule has 0 amide bonds. The number of aryl methyl sites for hydroxylation is 2. The minimum absolute atomic E-state index is 0.232. The largest absolute Gasteiger partial charge is 0.508 e. The van der Waals surface area contributed by atoms with E-state index >= 15 is 0 Å². The van der Waals surface area contributed by atoms with Crippen molar-refractivity contribution in [1.29, 1.82) is 0 Å². The molecule has 0 fully saturated rings. The minimum atomic E-state index is 0.232. The summed E-state index contributed by atoms with van der Waals surface area (Å²) in [5.41, 5.74) is 2.45. The fourth-order valence-electron chi connectivity index (χ4n) is 1.73. The van der Waals surface area contributed by atoms with Gasteiger partial charge < -0.3 is 9.63 Å². The Kier molecular flexibility index (Phi) is 2.90. The molecule has 0 aliphatic heterocycles. The molecule has 1 aromatic carbocycles. The molecule has 0 saturated carbocycles. The van der Waals surface area contributed by atoms with Crippen molar-refractivity contribution >= 4 is 0 Å². The summed E-state index contributed by atoms with van der Waals surface area (Å²) in [4.78, 5) is 12.6. The summed E-state index contributed by atoms with van der Waals surface area (Å²) in [7, 11) is 0. The molecule has 0 aliphatic rings. The molecule has 20 heavy (non-hydrogen) atoms. The van der Waals surface area contributed by atoms with Gasteiger partial charge in [0.05, 0.1) is 0 Å². The van der Waals surface area contributed by atoms with Gasteiger partial charge in [-0.05, 0) is 43.2 Å². The molecule has 0 saturated heterocycles. The molecule has 0 unspecified atom stereocenters. The van der Waals surface area contributed by atoms with Gasteiger partial charge in [0.25, 0.3) is 5.89 Å². The highest BCUT2D eigenvalue weighted by Crippen LogP contribution is 2.25. The lowest BCUT2D eigenvalue weighted by Crippen LogP contribution is -1.90. The molecule has 3 aromatic rings. The number of hydrogen-bond acceptors (Lipinski definition) is 6. The summed E-state index contributed by atoms with van der Waals surface area (Å²) in [5.74, 6) is 1.36. The van der Waals surface area contributed by atoms with Gasteiger partial charge in [-0.15, -0.1) is 0 Å². The topological polar surface area (TPSA) is 84.9 Å². The second kappa shape index (κ2) is 4.73. The van der Waals surface area contributed by atoms with Gasteiger partial charge in [-0.25, -0.2) is 9.97 Å². The molecule has 3 rings (SSSR count). The standard InChI is InChI=1S/C14H12N4O2/c1-8-6-15-12(16-7-8)13-17-14(20-18-13)10-3-4-11(19)9(2)5-10/h3-7,19H,1-2H3. The summed E-state index contributed by atoms with van der Waals surface area (Å²) >= 11 is 0. The molecule has 0 spiro atoms. The number of rotatable bonds is 2. The van der Waals surface area contributed by atoms with E-state index in [9.17, 15) is 5.11 Å². The summed E-state index contributed by atoms with van der Waals surface area (Å²) < 4.78 is 5.21. The average Bonchev–Trinajstić information content (AvgIpc) is 2.92. The third-order valence-corrected chi connectivity index (χ3v) is 2.85. The van der Waals surface area contributed by atoms with Crippen LogP contribution in [0.2, 0.25) is 0 Å². The van der Waals surface area contributed by atoms with Crippen LogP contribution in [0.5, 0.6) is 5.75 Å². The van der Waals surface area contributed by atoms with E-state index in [1.165, 1.54) is 0 Å². The van der Waals surface area contributed by atoms with Gasteiger partial charge in [0.1, 0.15) is 5.75 Å². The molecule has 2 heterocycles. The molecule has 2 aromatic heterocycles. The maximum Gasteiger partial charge on any atom is 0.258 e. The number of phenols is 1.